The van der Waals surface area contributed by atoms with Gasteiger partial charge < -0.3 is 4.90 Å². The Morgan fingerprint density at radius 2 is 2.00 bits per heavy atom. The Kier molecular flexibility index (Phi) is 5.81. The zero-order valence-corrected chi connectivity index (χ0v) is 16.2. The highest BCUT2D eigenvalue weighted by atomic mass is 32.2. The number of fused-ring (bicyclic) bond motifs is 1. The van der Waals surface area contributed by atoms with Crippen LogP contribution in [0.1, 0.15) is 33.1 Å². The highest BCUT2D eigenvalue weighted by molar-refractivity contribution is 7.99. The zero-order valence-electron chi connectivity index (χ0n) is 15.4. The van der Waals surface area contributed by atoms with Crippen LogP contribution in [0, 0.1) is 0 Å². The smallest absolute Gasteiger partial charge is 0.262 e. The molecule has 3 rings (SSSR count). The van der Waals surface area contributed by atoms with Crippen LogP contribution in [0.5, 0.6) is 0 Å². The maximum absolute atomic E-state index is 12.8. The Balaban J connectivity index is 1.86. The maximum atomic E-state index is 12.8. The van der Waals surface area contributed by atoms with E-state index in [1.54, 1.807) is 16.7 Å². The number of likely N-dealkylation sites (tertiary alicyclic amines) is 1. The molecule has 138 valence electrons. The monoisotopic (exact) mass is 371 g/mol. The van der Waals surface area contributed by atoms with E-state index in [1.807, 2.05) is 23.1 Å². The lowest BCUT2D eigenvalue weighted by molar-refractivity contribution is -0.134. The summed E-state index contributed by atoms with van der Waals surface area (Å²) in [6.45, 7) is 8.34. The van der Waals surface area contributed by atoms with Gasteiger partial charge in [-0.2, -0.15) is 0 Å². The fourth-order valence-corrected chi connectivity index (χ4v) is 4.54. The first kappa shape index (κ1) is 18.7. The molecule has 1 aliphatic rings. The molecule has 0 N–H and O–H groups in total. The van der Waals surface area contributed by atoms with Crippen molar-refractivity contribution < 1.29 is 4.79 Å². The lowest BCUT2D eigenvalue weighted by Gasteiger charge is -2.39. The van der Waals surface area contributed by atoms with Crippen LogP contribution < -0.4 is 5.56 Å². The molecule has 1 amide bonds. The van der Waals surface area contributed by atoms with Crippen molar-refractivity contribution in [2.24, 2.45) is 0 Å². The molecule has 6 heteroatoms. The molecule has 5 nitrogen and oxygen atoms in total. The number of rotatable bonds is 5. The Hall–Kier alpha value is -2.08. The van der Waals surface area contributed by atoms with Crippen LogP contribution in [0.15, 0.2) is 46.9 Å². The summed E-state index contributed by atoms with van der Waals surface area (Å²) < 4.78 is 1.59. The Morgan fingerprint density at radius 3 is 2.69 bits per heavy atom. The van der Waals surface area contributed by atoms with Gasteiger partial charge in [0.2, 0.25) is 5.91 Å². The van der Waals surface area contributed by atoms with Gasteiger partial charge in [-0.1, -0.05) is 30.0 Å². The number of piperidine rings is 1. The minimum absolute atomic E-state index is 0.0924. The Morgan fingerprint density at radius 1 is 1.31 bits per heavy atom. The molecule has 0 radical (unpaired) electrons. The molecule has 2 atom stereocenters. The van der Waals surface area contributed by atoms with Gasteiger partial charge in [-0.15, -0.1) is 6.58 Å². The number of thioether (sulfide) groups is 1. The topological polar surface area (TPSA) is 55.2 Å². The summed E-state index contributed by atoms with van der Waals surface area (Å²) in [5.74, 6) is 0.402. The van der Waals surface area contributed by atoms with Crippen LogP contribution in [0.3, 0.4) is 0 Å². The molecule has 1 aromatic carbocycles. The van der Waals surface area contributed by atoms with Gasteiger partial charge in [0.15, 0.2) is 5.16 Å². The molecule has 1 saturated heterocycles. The normalized spacial score (nSPS) is 20.3. The molecule has 2 aromatic rings. The number of benzene rings is 1. The molecule has 1 fully saturated rings. The molecule has 0 spiro atoms. The number of allylic oxidation sites excluding steroid dienone is 1. The molecule has 0 aliphatic carbocycles. The van der Waals surface area contributed by atoms with Gasteiger partial charge in [-0.05, 0) is 45.2 Å². The van der Waals surface area contributed by atoms with Crippen molar-refractivity contribution in [2.75, 3.05) is 5.75 Å². The minimum Gasteiger partial charge on any atom is -0.337 e. The first-order valence-electron chi connectivity index (χ1n) is 9.07. The summed E-state index contributed by atoms with van der Waals surface area (Å²) in [6, 6.07) is 7.84. The first-order chi connectivity index (χ1) is 12.5. The maximum Gasteiger partial charge on any atom is 0.262 e. The van der Waals surface area contributed by atoms with Crippen molar-refractivity contribution in [2.45, 2.75) is 56.9 Å². The number of carbonyl (C=O) groups excluding carboxylic acids is 1. The van der Waals surface area contributed by atoms with Gasteiger partial charge in [-0.25, -0.2) is 4.98 Å². The second-order valence-corrected chi connectivity index (χ2v) is 7.78. The number of amides is 1. The number of nitrogens with zero attached hydrogens (tertiary/aromatic N) is 3. The van der Waals surface area contributed by atoms with E-state index in [9.17, 15) is 9.59 Å². The summed E-state index contributed by atoms with van der Waals surface area (Å²) in [5.41, 5.74) is 0.567. The molecule has 0 unspecified atom stereocenters. The molecule has 1 aliphatic heterocycles. The highest BCUT2D eigenvalue weighted by Gasteiger charge is 2.29. The van der Waals surface area contributed by atoms with Gasteiger partial charge in [0.1, 0.15) is 0 Å². The predicted octanol–water partition coefficient (Wildman–Crippen LogP) is 3.46. The third-order valence-corrected chi connectivity index (χ3v) is 5.91. The summed E-state index contributed by atoms with van der Waals surface area (Å²) in [4.78, 5) is 32.1. The third-order valence-electron chi connectivity index (χ3n) is 4.94. The second-order valence-electron chi connectivity index (χ2n) is 6.83. The van der Waals surface area contributed by atoms with Gasteiger partial charge in [-0.3, -0.25) is 14.2 Å². The van der Waals surface area contributed by atoms with Crippen molar-refractivity contribution in [3.05, 3.63) is 47.3 Å². The third kappa shape index (κ3) is 3.70. The van der Waals surface area contributed by atoms with Crippen molar-refractivity contribution >= 4 is 28.6 Å². The number of carbonyl (C=O) groups is 1. The van der Waals surface area contributed by atoms with Crippen molar-refractivity contribution in [1.29, 1.82) is 0 Å². The van der Waals surface area contributed by atoms with Crippen LogP contribution in [-0.2, 0) is 11.3 Å². The molecule has 2 heterocycles. The molecular weight excluding hydrogens is 346 g/mol. The van der Waals surface area contributed by atoms with E-state index in [1.165, 1.54) is 18.2 Å². The minimum atomic E-state index is -0.0924. The van der Waals surface area contributed by atoms with Crippen LogP contribution in [0.2, 0.25) is 0 Å². The average Bonchev–Trinajstić information content (AvgIpc) is 2.62. The molecule has 0 saturated carbocycles. The number of hydrogen-bond donors (Lipinski definition) is 0. The first-order valence-corrected chi connectivity index (χ1v) is 10.1. The fraction of sp³-hybridized carbons (Fsp3) is 0.450. The van der Waals surface area contributed by atoms with Gasteiger partial charge >= 0.3 is 0 Å². The quantitative estimate of drug-likeness (QED) is 0.459. The summed E-state index contributed by atoms with van der Waals surface area (Å²) in [6.07, 6.45) is 4.95. The molecule has 26 heavy (non-hydrogen) atoms. The van der Waals surface area contributed by atoms with E-state index in [0.717, 1.165) is 12.8 Å². The number of aromatic nitrogens is 2. The van der Waals surface area contributed by atoms with Crippen LogP contribution in [0.4, 0.5) is 0 Å². The molecular formula is C20H25N3O2S. The van der Waals surface area contributed by atoms with E-state index < -0.39 is 0 Å². The number of para-hydroxylation sites is 1. The summed E-state index contributed by atoms with van der Waals surface area (Å²) >= 11 is 1.33. The Bertz CT molecular complexity index is 867. The average molecular weight is 372 g/mol. The molecule has 1 aromatic heterocycles. The van der Waals surface area contributed by atoms with Gasteiger partial charge in [0, 0.05) is 18.6 Å². The van der Waals surface area contributed by atoms with E-state index in [-0.39, 0.29) is 29.3 Å². The largest absolute Gasteiger partial charge is 0.337 e. The highest BCUT2D eigenvalue weighted by Crippen LogP contribution is 2.25. The summed E-state index contributed by atoms with van der Waals surface area (Å²) in [7, 11) is 0. The van der Waals surface area contributed by atoms with E-state index in [2.05, 4.69) is 25.4 Å². The van der Waals surface area contributed by atoms with Crippen molar-refractivity contribution in [3.8, 4) is 0 Å². The Labute approximate surface area is 158 Å². The lowest BCUT2D eigenvalue weighted by Crippen LogP contribution is -2.48. The van der Waals surface area contributed by atoms with Crippen LogP contribution in [0.25, 0.3) is 10.9 Å². The second kappa shape index (κ2) is 8.08. The number of hydrogen-bond acceptors (Lipinski definition) is 4. The van der Waals surface area contributed by atoms with Crippen LogP contribution >= 0.6 is 11.8 Å². The van der Waals surface area contributed by atoms with E-state index in [4.69, 9.17) is 0 Å². The molecule has 0 bridgehead atoms. The van der Waals surface area contributed by atoms with Crippen LogP contribution in [-0.4, -0.2) is 38.2 Å². The van der Waals surface area contributed by atoms with Crippen molar-refractivity contribution in [1.82, 2.24) is 14.5 Å². The predicted molar refractivity (Wildman–Crippen MR) is 107 cm³/mol. The fourth-order valence-electron chi connectivity index (χ4n) is 3.66. The van der Waals surface area contributed by atoms with Crippen molar-refractivity contribution in [3.63, 3.8) is 0 Å². The van der Waals surface area contributed by atoms with Gasteiger partial charge in [0.05, 0.1) is 16.7 Å². The summed E-state index contributed by atoms with van der Waals surface area (Å²) in [5, 5.41) is 1.16. The lowest BCUT2D eigenvalue weighted by atomic mass is 9.98. The van der Waals surface area contributed by atoms with Gasteiger partial charge in [0.25, 0.3) is 5.56 Å². The van der Waals surface area contributed by atoms with E-state index in [0.29, 0.717) is 22.6 Å². The van der Waals surface area contributed by atoms with E-state index >= 15 is 0 Å². The SMILES string of the molecule is C=CCn1c(SCC(=O)N2[C@@H](C)CCC[C@@H]2C)nc2ccccc2c1=O. The zero-order chi connectivity index (χ0) is 18.7. The standard InChI is InChI=1S/C20H25N3O2S/c1-4-12-22-19(25)16-10-5-6-11-17(16)21-20(22)26-13-18(24)23-14(2)8-7-9-15(23)3/h4-6,10-11,14-15H,1,7-9,12-13H2,2-3H3/t14-,15-/m0/s1.